The van der Waals surface area contributed by atoms with Gasteiger partial charge in [0.15, 0.2) is 0 Å². The largest absolute Gasteiger partial charge is 0.495 e. The summed E-state index contributed by atoms with van der Waals surface area (Å²) in [6, 6.07) is 6.55. The van der Waals surface area contributed by atoms with E-state index in [-0.39, 0.29) is 0 Å². The second kappa shape index (κ2) is 5.01. The van der Waals surface area contributed by atoms with E-state index in [1.165, 1.54) is 13.2 Å². The fourth-order valence-electron chi connectivity index (χ4n) is 1.14. The molecule has 0 aromatic heterocycles. The van der Waals surface area contributed by atoms with E-state index in [1.54, 1.807) is 19.1 Å². The van der Waals surface area contributed by atoms with E-state index >= 15 is 0 Å². The summed E-state index contributed by atoms with van der Waals surface area (Å²) >= 11 is 0. The molecule has 0 aliphatic heterocycles. The molecule has 0 aliphatic carbocycles. The second-order valence-electron chi connectivity index (χ2n) is 2.75. The molecule has 4 heteroatoms. The summed E-state index contributed by atoms with van der Waals surface area (Å²) < 4.78 is 9.77. The Hall–Kier alpha value is -2.02. The zero-order valence-corrected chi connectivity index (χ0v) is 8.61. The molecular weight excluding hydrogens is 194 g/mol. The number of methoxy groups -OCH3 is 1. The third-order valence-electron chi connectivity index (χ3n) is 1.83. The number of hydrogen-bond donors (Lipinski definition) is 0. The van der Waals surface area contributed by atoms with Crippen LogP contribution in [0.3, 0.4) is 0 Å². The number of carbonyl (C=O) groups is 1. The van der Waals surface area contributed by atoms with Crippen LogP contribution in [-0.4, -0.2) is 19.7 Å². The van der Waals surface area contributed by atoms with E-state index < -0.39 is 5.97 Å². The summed E-state index contributed by atoms with van der Waals surface area (Å²) in [5.41, 5.74) is 0.678. The maximum Gasteiger partial charge on any atom is 0.338 e. The van der Waals surface area contributed by atoms with Crippen LogP contribution in [0.2, 0.25) is 0 Å². The SMILES string of the molecule is CCOC(=O)c1ccc(OC)c(C#N)c1. The highest BCUT2D eigenvalue weighted by atomic mass is 16.5. The van der Waals surface area contributed by atoms with Crippen LogP contribution < -0.4 is 4.74 Å². The summed E-state index contributed by atoms with van der Waals surface area (Å²) in [6.45, 7) is 2.04. The molecule has 0 saturated heterocycles. The lowest BCUT2D eigenvalue weighted by molar-refractivity contribution is 0.0526. The van der Waals surface area contributed by atoms with Gasteiger partial charge in [-0.25, -0.2) is 4.79 Å². The van der Waals surface area contributed by atoms with Crippen molar-refractivity contribution in [3.05, 3.63) is 29.3 Å². The fourth-order valence-corrected chi connectivity index (χ4v) is 1.14. The molecule has 0 fully saturated rings. The summed E-state index contributed by atoms with van der Waals surface area (Å²) in [5.74, 6) is 0.0159. The molecule has 0 unspecified atom stereocenters. The maximum atomic E-state index is 11.3. The first kappa shape index (κ1) is 11.1. The van der Waals surface area contributed by atoms with Gasteiger partial charge in [-0.05, 0) is 25.1 Å². The van der Waals surface area contributed by atoms with Crippen molar-refractivity contribution in [3.63, 3.8) is 0 Å². The van der Waals surface area contributed by atoms with Crippen LogP contribution in [0.5, 0.6) is 5.75 Å². The first-order chi connectivity index (χ1) is 7.22. The maximum absolute atomic E-state index is 11.3. The van der Waals surface area contributed by atoms with Gasteiger partial charge in [0, 0.05) is 0 Å². The molecule has 78 valence electrons. The van der Waals surface area contributed by atoms with Gasteiger partial charge in [0.05, 0.1) is 24.8 Å². The Morgan fingerprint density at radius 1 is 1.53 bits per heavy atom. The van der Waals surface area contributed by atoms with E-state index in [0.29, 0.717) is 23.5 Å². The summed E-state index contributed by atoms with van der Waals surface area (Å²) in [5, 5.41) is 8.80. The number of hydrogen-bond acceptors (Lipinski definition) is 4. The number of nitriles is 1. The van der Waals surface area contributed by atoms with Gasteiger partial charge < -0.3 is 9.47 Å². The predicted octanol–water partition coefficient (Wildman–Crippen LogP) is 1.74. The van der Waals surface area contributed by atoms with Gasteiger partial charge in [-0.1, -0.05) is 0 Å². The molecule has 1 aromatic carbocycles. The lowest BCUT2D eigenvalue weighted by Crippen LogP contribution is -2.05. The van der Waals surface area contributed by atoms with Crippen molar-refractivity contribution in [3.8, 4) is 11.8 Å². The normalized spacial score (nSPS) is 9.13. The van der Waals surface area contributed by atoms with Crippen molar-refractivity contribution >= 4 is 5.97 Å². The van der Waals surface area contributed by atoms with E-state index in [1.807, 2.05) is 6.07 Å². The molecule has 0 N–H and O–H groups in total. The van der Waals surface area contributed by atoms with Crippen molar-refractivity contribution in [2.45, 2.75) is 6.92 Å². The van der Waals surface area contributed by atoms with Gasteiger partial charge >= 0.3 is 5.97 Å². The Morgan fingerprint density at radius 2 is 2.27 bits per heavy atom. The van der Waals surface area contributed by atoms with Crippen LogP contribution in [-0.2, 0) is 4.74 Å². The van der Waals surface area contributed by atoms with Crippen molar-refractivity contribution in [1.82, 2.24) is 0 Å². The monoisotopic (exact) mass is 205 g/mol. The Balaban J connectivity index is 3.04. The molecule has 15 heavy (non-hydrogen) atoms. The van der Waals surface area contributed by atoms with Crippen molar-refractivity contribution in [1.29, 1.82) is 5.26 Å². The van der Waals surface area contributed by atoms with Crippen LogP contribution in [0.4, 0.5) is 0 Å². The predicted molar refractivity (Wildman–Crippen MR) is 53.7 cm³/mol. The zero-order chi connectivity index (χ0) is 11.3. The third-order valence-corrected chi connectivity index (χ3v) is 1.83. The lowest BCUT2D eigenvalue weighted by atomic mass is 10.1. The van der Waals surface area contributed by atoms with Gasteiger partial charge in [-0.2, -0.15) is 5.26 Å². The second-order valence-corrected chi connectivity index (χ2v) is 2.75. The summed E-state index contributed by atoms with van der Waals surface area (Å²) in [4.78, 5) is 11.3. The number of rotatable bonds is 3. The van der Waals surface area contributed by atoms with E-state index in [4.69, 9.17) is 14.7 Å². The molecule has 0 aliphatic rings. The first-order valence-electron chi connectivity index (χ1n) is 4.48. The molecule has 1 rings (SSSR count). The molecule has 4 nitrogen and oxygen atoms in total. The Bertz CT molecular complexity index is 407. The number of nitrogens with zero attached hydrogens (tertiary/aromatic N) is 1. The highest BCUT2D eigenvalue weighted by Gasteiger charge is 2.10. The van der Waals surface area contributed by atoms with Crippen molar-refractivity contribution < 1.29 is 14.3 Å². The van der Waals surface area contributed by atoms with Crippen LogP contribution in [0.25, 0.3) is 0 Å². The van der Waals surface area contributed by atoms with Crippen LogP contribution in [0, 0.1) is 11.3 Å². The minimum absolute atomic E-state index is 0.312. The molecule has 0 atom stereocenters. The van der Waals surface area contributed by atoms with Gasteiger partial charge in [0.25, 0.3) is 0 Å². The average Bonchev–Trinajstić information content (AvgIpc) is 2.28. The minimum Gasteiger partial charge on any atom is -0.495 e. The minimum atomic E-state index is -0.434. The van der Waals surface area contributed by atoms with Crippen LogP contribution >= 0.6 is 0 Å². The summed E-state index contributed by atoms with van der Waals surface area (Å²) in [6.07, 6.45) is 0. The number of esters is 1. The molecule has 1 aromatic rings. The highest BCUT2D eigenvalue weighted by molar-refractivity contribution is 5.90. The molecule has 0 amide bonds. The van der Waals surface area contributed by atoms with Gasteiger partial charge in [0.1, 0.15) is 11.8 Å². The Kier molecular flexibility index (Phi) is 3.69. The molecule has 0 bridgehead atoms. The van der Waals surface area contributed by atoms with Crippen LogP contribution in [0.1, 0.15) is 22.8 Å². The average molecular weight is 205 g/mol. The van der Waals surface area contributed by atoms with E-state index in [9.17, 15) is 4.79 Å². The van der Waals surface area contributed by atoms with Gasteiger partial charge in [-0.15, -0.1) is 0 Å². The van der Waals surface area contributed by atoms with E-state index in [2.05, 4.69) is 0 Å². The number of benzene rings is 1. The molecule has 0 spiro atoms. The number of carbonyl (C=O) groups excluding carboxylic acids is 1. The van der Waals surface area contributed by atoms with Gasteiger partial charge in [-0.3, -0.25) is 0 Å². The smallest absolute Gasteiger partial charge is 0.338 e. The fraction of sp³-hybridized carbons (Fsp3) is 0.273. The molecule has 0 radical (unpaired) electrons. The topological polar surface area (TPSA) is 59.3 Å². The lowest BCUT2D eigenvalue weighted by Gasteiger charge is -2.05. The molecule has 0 heterocycles. The van der Waals surface area contributed by atoms with Gasteiger partial charge in [0.2, 0.25) is 0 Å². The van der Waals surface area contributed by atoms with Crippen molar-refractivity contribution in [2.24, 2.45) is 0 Å². The quantitative estimate of drug-likeness (QED) is 0.705. The Labute approximate surface area is 88.0 Å². The molecule has 0 saturated carbocycles. The van der Waals surface area contributed by atoms with Crippen molar-refractivity contribution in [2.75, 3.05) is 13.7 Å². The summed E-state index contributed by atoms with van der Waals surface area (Å²) in [7, 11) is 1.47. The van der Waals surface area contributed by atoms with Crippen LogP contribution in [0.15, 0.2) is 18.2 Å². The highest BCUT2D eigenvalue weighted by Crippen LogP contribution is 2.19. The Morgan fingerprint density at radius 3 is 2.80 bits per heavy atom. The van der Waals surface area contributed by atoms with E-state index in [0.717, 1.165) is 0 Å². The first-order valence-corrected chi connectivity index (χ1v) is 4.48. The third kappa shape index (κ3) is 2.47. The molecular formula is C11H11NO3. The standard InChI is InChI=1S/C11H11NO3/c1-3-15-11(13)8-4-5-10(14-2)9(6-8)7-12/h4-6H,3H2,1-2H3. The zero-order valence-electron chi connectivity index (χ0n) is 8.61. The number of ether oxygens (including phenoxy) is 2.